The molecule has 0 rings (SSSR count). The Morgan fingerprint density at radius 2 is 1.71 bits per heavy atom. The molecular formula is C19H33NO4. The van der Waals surface area contributed by atoms with Crippen LogP contribution < -0.4 is 5.32 Å². The first-order chi connectivity index (χ1) is 11.3. The van der Waals surface area contributed by atoms with E-state index >= 15 is 0 Å². The number of amides is 1. The Labute approximate surface area is 145 Å². The first-order valence-corrected chi connectivity index (χ1v) is 8.80. The summed E-state index contributed by atoms with van der Waals surface area (Å²) in [6.45, 7) is 7.86. The summed E-state index contributed by atoms with van der Waals surface area (Å²) in [7, 11) is 0. The van der Waals surface area contributed by atoms with Crippen molar-refractivity contribution in [3.8, 4) is 0 Å². The number of rotatable bonds is 12. The number of carboxylic acid groups (broad SMARTS) is 1. The molecule has 3 N–H and O–H groups in total. The lowest BCUT2D eigenvalue weighted by atomic mass is 10.00. The van der Waals surface area contributed by atoms with Crippen molar-refractivity contribution in [2.45, 2.75) is 71.9 Å². The van der Waals surface area contributed by atoms with Gasteiger partial charge in [-0.2, -0.15) is 0 Å². The Bertz CT molecular complexity index is 427. The van der Waals surface area contributed by atoms with Crippen LogP contribution in [0.2, 0.25) is 0 Å². The molecule has 0 aliphatic rings. The normalized spacial score (nSPS) is 14.6. The van der Waals surface area contributed by atoms with Crippen LogP contribution in [0.3, 0.4) is 0 Å². The highest BCUT2D eigenvalue weighted by Gasteiger charge is 2.29. The Hall–Kier alpha value is -1.62. The van der Waals surface area contributed by atoms with Crippen LogP contribution in [0, 0.1) is 11.8 Å². The molecule has 0 aromatic carbocycles. The summed E-state index contributed by atoms with van der Waals surface area (Å²) in [6.07, 6.45) is 11.3. The Balaban J connectivity index is 4.10. The highest BCUT2D eigenvalue weighted by Crippen LogP contribution is 2.09. The first kappa shape index (κ1) is 22.4. The topological polar surface area (TPSA) is 86.6 Å². The van der Waals surface area contributed by atoms with Gasteiger partial charge in [-0.1, -0.05) is 65.2 Å². The van der Waals surface area contributed by atoms with Crippen LogP contribution in [0.25, 0.3) is 0 Å². The summed E-state index contributed by atoms with van der Waals surface area (Å²) < 4.78 is 0. The maximum absolute atomic E-state index is 11.7. The fraction of sp³-hybridized carbons (Fsp3) is 0.684. The van der Waals surface area contributed by atoms with E-state index in [1.807, 2.05) is 6.08 Å². The van der Waals surface area contributed by atoms with E-state index < -0.39 is 24.0 Å². The summed E-state index contributed by atoms with van der Waals surface area (Å²) in [5.41, 5.74) is 0. The van der Waals surface area contributed by atoms with Crippen LogP contribution >= 0.6 is 0 Å². The van der Waals surface area contributed by atoms with Crippen molar-refractivity contribution in [3.63, 3.8) is 0 Å². The molecule has 0 spiro atoms. The molecule has 5 heteroatoms. The van der Waals surface area contributed by atoms with E-state index in [-0.39, 0.29) is 5.92 Å². The Morgan fingerprint density at radius 1 is 1.04 bits per heavy atom. The maximum Gasteiger partial charge on any atom is 0.328 e. The maximum atomic E-state index is 11.7. The molecule has 5 nitrogen and oxygen atoms in total. The van der Waals surface area contributed by atoms with E-state index in [1.165, 1.54) is 25.3 Å². The predicted octanol–water partition coefficient (Wildman–Crippen LogP) is 3.29. The fourth-order valence-corrected chi connectivity index (χ4v) is 2.19. The van der Waals surface area contributed by atoms with Crippen LogP contribution in [0.5, 0.6) is 0 Å². The van der Waals surface area contributed by atoms with Gasteiger partial charge in [-0.05, 0) is 24.7 Å². The molecule has 0 saturated carbocycles. The van der Waals surface area contributed by atoms with Gasteiger partial charge in [0.1, 0.15) is 0 Å². The number of carbonyl (C=O) groups excluding carboxylic acids is 1. The Morgan fingerprint density at radius 3 is 2.25 bits per heavy atom. The van der Waals surface area contributed by atoms with Gasteiger partial charge >= 0.3 is 5.97 Å². The van der Waals surface area contributed by atoms with E-state index in [2.05, 4.69) is 19.2 Å². The lowest BCUT2D eigenvalue weighted by Gasteiger charge is -2.22. The molecule has 0 aliphatic heterocycles. The summed E-state index contributed by atoms with van der Waals surface area (Å²) >= 11 is 0. The van der Waals surface area contributed by atoms with Crippen LogP contribution in [-0.2, 0) is 9.59 Å². The summed E-state index contributed by atoms with van der Waals surface area (Å²) in [5.74, 6) is -1.27. The Kier molecular flexibility index (Phi) is 11.9. The average Bonchev–Trinajstić information content (AvgIpc) is 2.49. The number of hydrogen-bond acceptors (Lipinski definition) is 3. The SMILES string of the molecule is CC(C)CCCCC/C=C/C=C/C(=O)N[C@H](C(=O)O)[C@H](O)C(C)C. The van der Waals surface area contributed by atoms with Gasteiger partial charge in [-0.15, -0.1) is 0 Å². The highest BCUT2D eigenvalue weighted by atomic mass is 16.4. The number of aliphatic carboxylic acids is 1. The van der Waals surface area contributed by atoms with Crippen molar-refractivity contribution >= 4 is 11.9 Å². The van der Waals surface area contributed by atoms with Gasteiger partial charge in [0.2, 0.25) is 5.91 Å². The summed E-state index contributed by atoms with van der Waals surface area (Å²) in [4.78, 5) is 22.8. The fourth-order valence-electron chi connectivity index (χ4n) is 2.19. The lowest BCUT2D eigenvalue weighted by molar-refractivity contribution is -0.145. The third-order valence-corrected chi connectivity index (χ3v) is 3.74. The van der Waals surface area contributed by atoms with Crippen LogP contribution in [0.15, 0.2) is 24.3 Å². The third kappa shape index (κ3) is 11.0. The molecule has 24 heavy (non-hydrogen) atoms. The minimum absolute atomic E-state index is 0.258. The smallest absolute Gasteiger partial charge is 0.328 e. The second-order valence-electron chi connectivity index (χ2n) is 6.88. The molecule has 0 radical (unpaired) electrons. The van der Waals surface area contributed by atoms with Gasteiger partial charge in [0, 0.05) is 6.08 Å². The number of carbonyl (C=O) groups is 2. The number of hydrogen-bond donors (Lipinski definition) is 3. The lowest BCUT2D eigenvalue weighted by Crippen LogP contribution is -2.50. The van der Waals surface area contributed by atoms with E-state index in [9.17, 15) is 14.7 Å². The van der Waals surface area contributed by atoms with Gasteiger partial charge < -0.3 is 15.5 Å². The molecule has 0 saturated heterocycles. The van der Waals surface area contributed by atoms with Crippen LogP contribution in [0.4, 0.5) is 0 Å². The summed E-state index contributed by atoms with van der Waals surface area (Å²) in [6, 6.07) is -1.30. The molecule has 0 aromatic rings. The molecule has 2 atom stereocenters. The number of aliphatic hydroxyl groups is 1. The second-order valence-corrected chi connectivity index (χ2v) is 6.88. The summed E-state index contributed by atoms with van der Waals surface area (Å²) in [5, 5.41) is 21.2. The standard InChI is InChI=1S/C19H33NO4/c1-14(2)12-10-8-6-5-7-9-11-13-16(21)20-17(19(23)24)18(22)15(3)4/h7,9,11,13-15,17-18,22H,5-6,8,10,12H2,1-4H3,(H,20,21)(H,23,24)/b9-7+,13-11+/t17-,18+/m0/s1. The molecule has 0 aromatic heterocycles. The number of carboxylic acids is 1. The van der Waals surface area contributed by atoms with Crippen LogP contribution in [-0.4, -0.2) is 34.2 Å². The molecule has 138 valence electrons. The van der Waals surface area contributed by atoms with E-state index in [0.717, 1.165) is 18.8 Å². The van der Waals surface area contributed by atoms with Gasteiger partial charge in [0.15, 0.2) is 6.04 Å². The van der Waals surface area contributed by atoms with Gasteiger partial charge in [-0.3, -0.25) is 4.79 Å². The molecule has 0 bridgehead atoms. The molecule has 1 amide bonds. The van der Waals surface area contributed by atoms with Crippen molar-refractivity contribution in [2.24, 2.45) is 11.8 Å². The minimum Gasteiger partial charge on any atom is -0.480 e. The first-order valence-electron chi connectivity index (χ1n) is 8.80. The van der Waals surface area contributed by atoms with Gasteiger partial charge in [-0.25, -0.2) is 4.79 Å². The van der Waals surface area contributed by atoms with Gasteiger partial charge in [0.25, 0.3) is 0 Å². The zero-order valence-electron chi connectivity index (χ0n) is 15.4. The monoisotopic (exact) mass is 339 g/mol. The average molecular weight is 339 g/mol. The van der Waals surface area contributed by atoms with Crippen molar-refractivity contribution in [3.05, 3.63) is 24.3 Å². The third-order valence-electron chi connectivity index (χ3n) is 3.74. The zero-order chi connectivity index (χ0) is 18.5. The quantitative estimate of drug-likeness (QED) is 0.289. The molecule has 0 heterocycles. The number of nitrogens with one attached hydrogen (secondary N) is 1. The number of aliphatic hydroxyl groups excluding tert-OH is 1. The number of allylic oxidation sites excluding steroid dienone is 3. The van der Waals surface area contributed by atoms with Crippen molar-refractivity contribution in [1.82, 2.24) is 5.32 Å². The van der Waals surface area contributed by atoms with Crippen LogP contribution in [0.1, 0.15) is 59.8 Å². The van der Waals surface area contributed by atoms with Gasteiger partial charge in [0.05, 0.1) is 6.10 Å². The minimum atomic E-state index is -1.30. The largest absolute Gasteiger partial charge is 0.480 e. The van der Waals surface area contributed by atoms with Crippen molar-refractivity contribution < 1.29 is 19.8 Å². The van der Waals surface area contributed by atoms with Crippen molar-refractivity contribution in [2.75, 3.05) is 0 Å². The van der Waals surface area contributed by atoms with Crippen molar-refractivity contribution in [1.29, 1.82) is 0 Å². The molecule has 0 aliphatic carbocycles. The number of unbranched alkanes of at least 4 members (excludes halogenated alkanes) is 3. The zero-order valence-corrected chi connectivity index (χ0v) is 15.4. The predicted molar refractivity (Wildman–Crippen MR) is 96.6 cm³/mol. The van der Waals surface area contributed by atoms with E-state index in [4.69, 9.17) is 5.11 Å². The molecule has 0 unspecified atom stereocenters. The van der Waals surface area contributed by atoms with E-state index in [0.29, 0.717) is 0 Å². The second kappa shape index (κ2) is 12.8. The van der Waals surface area contributed by atoms with E-state index in [1.54, 1.807) is 26.0 Å². The highest BCUT2D eigenvalue weighted by molar-refractivity contribution is 5.91. The molecular weight excluding hydrogens is 306 g/mol. The molecule has 0 fully saturated rings.